The molecule has 0 heterocycles. The van der Waals surface area contributed by atoms with Crippen molar-refractivity contribution in [2.24, 2.45) is 0 Å². The summed E-state index contributed by atoms with van der Waals surface area (Å²) in [4.78, 5) is 13.2. The molecule has 0 aliphatic rings. The first-order valence-corrected chi connectivity index (χ1v) is 8.79. The van der Waals surface area contributed by atoms with E-state index in [1.165, 1.54) is 23.9 Å². The molecule has 2 rings (SSSR count). The van der Waals surface area contributed by atoms with Crippen LogP contribution in [0.15, 0.2) is 53.4 Å². The number of hydrogen-bond donors (Lipinski definition) is 1. The summed E-state index contributed by atoms with van der Waals surface area (Å²) in [7, 11) is 1.63. The summed E-state index contributed by atoms with van der Waals surface area (Å²) in [5.41, 5.74) is 1.08. The number of benzene rings is 2. The topological polar surface area (TPSA) is 38.3 Å². The number of rotatable bonds is 8. The fourth-order valence-corrected chi connectivity index (χ4v) is 3.10. The molecular weight excluding hydrogens is 325 g/mol. The lowest BCUT2D eigenvalue weighted by molar-refractivity contribution is -0.120. The van der Waals surface area contributed by atoms with Crippen molar-refractivity contribution in [2.45, 2.75) is 29.9 Å². The van der Waals surface area contributed by atoms with Gasteiger partial charge in [-0.2, -0.15) is 0 Å². The summed E-state index contributed by atoms with van der Waals surface area (Å²) in [6, 6.07) is 14.1. The molecule has 2 aromatic rings. The van der Waals surface area contributed by atoms with E-state index in [4.69, 9.17) is 4.74 Å². The zero-order valence-corrected chi connectivity index (χ0v) is 14.7. The van der Waals surface area contributed by atoms with Gasteiger partial charge in [-0.1, -0.05) is 12.1 Å². The average molecular weight is 347 g/mol. The average Bonchev–Trinajstić information content (AvgIpc) is 2.60. The van der Waals surface area contributed by atoms with Crippen LogP contribution in [-0.4, -0.2) is 24.8 Å². The summed E-state index contributed by atoms with van der Waals surface area (Å²) in [6.45, 7) is 2.51. The Bertz CT molecular complexity index is 643. The fraction of sp³-hybridized carbons (Fsp3) is 0.316. The summed E-state index contributed by atoms with van der Waals surface area (Å²) in [6.07, 6.45) is 1.65. The molecule has 0 aliphatic heterocycles. The molecule has 0 aliphatic carbocycles. The Morgan fingerprint density at radius 2 is 1.83 bits per heavy atom. The number of hydrogen-bond acceptors (Lipinski definition) is 3. The van der Waals surface area contributed by atoms with Gasteiger partial charge in [-0.3, -0.25) is 4.79 Å². The Labute approximate surface area is 146 Å². The minimum Gasteiger partial charge on any atom is -0.497 e. The summed E-state index contributed by atoms with van der Waals surface area (Å²) in [5.74, 6) is 0.601. The van der Waals surface area contributed by atoms with Crippen molar-refractivity contribution < 1.29 is 13.9 Å². The Hall–Kier alpha value is -2.01. The Morgan fingerprint density at radius 3 is 2.46 bits per heavy atom. The van der Waals surface area contributed by atoms with Crippen LogP contribution < -0.4 is 10.1 Å². The van der Waals surface area contributed by atoms with Gasteiger partial charge in [-0.25, -0.2) is 4.39 Å². The quantitative estimate of drug-likeness (QED) is 0.578. The van der Waals surface area contributed by atoms with Gasteiger partial charge in [0.1, 0.15) is 11.6 Å². The van der Waals surface area contributed by atoms with Crippen LogP contribution in [0, 0.1) is 5.82 Å². The SMILES string of the molecule is COc1ccc(S[C@@H](C)C(=O)NCCCc2ccc(F)cc2)cc1. The molecule has 0 saturated carbocycles. The molecule has 1 atom stereocenters. The van der Waals surface area contributed by atoms with Crippen LogP contribution in [0.25, 0.3) is 0 Å². The number of nitrogens with one attached hydrogen (secondary N) is 1. The van der Waals surface area contributed by atoms with Crippen molar-refractivity contribution in [3.05, 3.63) is 59.9 Å². The van der Waals surface area contributed by atoms with Crippen LogP contribution in [0.5, 0.6) is 5.75 Å². The number of ether oxygens (including phenoxy) is 1. The van der Waals surface area contributed by atoms with E-state index in [-0.39, 0.29) is 17.0 Å². The van der Waals surface area contributed by atoms with Crippen LogP contribution in [0.1, 0.15) is 18.9 Å². The third-order valence-electron chi connectivity index (χ3n) is 3.60. The van der Waals surface area contributed by atoms with Crippen molar-refractivity contribution in [1.82, 2.24) is 5.32 Å². The maximum Gasteiger partial charge on any atom is 0.233 e. The molecule has 128 valence electrons. The van der Waals surface area contributed by atoms with Crippen LogP contribution in [0.2, 0.25) is 0 Å². The highest BCUT2D eigenvalue weighted by atomic mass is 32.2. The zero-order chi connectivity index (χ0) is 17.4. The molecule has 0 saturated heterocycles. The summed E-state index contributed by atoms with van der Waals surface area (Å²) >= 11 is 1.52. The molecule has 3 nitrogen and oxygen atoms in total. The first-order chi connectivity index (χ1) is 11.6. The first-order valence-electron chi connectivity index (χ1n) is 7.91. The molecule has 0 fully saturated rings. The predicted molar refractivity (Wildman–Crippen MR) is 96.0 cm³/mol. The van der Waals surface area contributed by atoms with E-state index >= 15 is 0 Å². The van der Waals surface area contributed by atoms with Crippen LogP contribution in [0.4, 0.5) is 4.39 Å². The van der Waals surface area contributed by atoms with Gasteiger partial charge in [-0.05, 0) is 61.7 Å². The second-order valence-electron chi connectivity index (χ2n) is 5.46. The molecule has 0 spiro atoms. The largest absolute Gasteiger partial charge is 0.497 e. The van der Waals surface area contributed by atoms with E-state index in [0.29, 0.717) is 6.54 Å². The van der Waals surface area contributed by atoms with Crippen molar-refractivity contribution in [3.8, 4) is 5.75 Å². The van der Waals surface area contributed by atoms with Gasteiger partial charge < -0.3 is 10.1 Å². The normalized spacial score (nSPS) is 11.8. The van der Waals surface area contributed by atoms with E-state index in [0.717, 1.165) is 29.1 Å². The lowest BCUT2D eigenvalue weighted by Gasteiger charge is -2.12. The minimum atomic E-state index is -0.226. The molecular formula is C19H22FNO2S. The molecule has 0 bridgehead atoms. The number of halogens is 1. The summed E-state index contributed by atoms with van der Waals surface area (Å²) < 4.78 is 17.9. The highest BCUT2D eigenvalue weighted by Crippen LogP contribution is 2.25. The van der Waals surface area contributed by atoms with Gasteiger partial charge >= 0.3 is 0 Å². The van der Waals surface area contributed by atoms with E-state index in [2.05, 4.69) is 5.32 Å². The highest BCUT2D eigenvalue weighted by molar-refractivity contribution is 8.00. The number of carbonyl (C=O) groups excluding carboxylic acids is 1. The van der Waals surface area contributed by atoms with Crippen LogP contribution in [-0.2, 0) is 11.2 Å². The van der Waals surface area contributed by atoms with E-state index in [1.54, 1.807) is 19.2 Å². The smallest absolute Gasteiger partial charge is 0.233 e. The monoisotopic (exact) mass is 347 g/mol. The maximum atomic E-state index is 12.8. The maximum absolute atomic E-state index is 12.8. The molecule has 1 N–H and O–H groups in total. The Kier molecular flexibility index (Phi) is 7.12. The second-order valence-corrected chi connectivity index (χ2v) is 6.87. The van der Waals surface area contributed by atoms with Gasteiger partial charge in [0, 0.05) is 11.4 Å². The third kappa shape index (κ3) is 5.89. The minimum absolute atomic E-state index is 0.0231. The lowest BCUT2D eigenvalue weighted by Crippen LogP contribution is -2.31. The standard InChI is InChI=1S/C19H22FNO2S/c1-14(24-18-11-9-17(23-2)10-12-18)19(22)21-13-3-4-15-5-7-16(20)8-6-15/h5-12,14H,3-4,13H2,1-2H3,(H,21,22)/t14-/m0/s1. The number of thioether (sulfide) groups is 1. The first kappa shape index (κ1) is 18.3. The molecule has 0 aromatic heterocycles. The predicted octanol–water partition coefficient (Wildman–Crippen LogP) is 4.06. The Morgan fingerprint density at radius 1 is 1.17 bits per heavy atom. The molecule has 2 aromatic carbocycles. The lowest BCUT2D eigenvalue weighted by atomic mass is 10.1. The van der Waals surface area contributed by atoms with Gasteiger partial charge in [0.2, 0.25) is 5.91 Å². The van der Waals surface area contributed by atoms with Crippen LogP contribution in [0.3, 0.4) is 0 Å². The second kappa shape index (κ2) is 9.33. The fourth-order valence-electron chi connectivity index (χ4n) is 2.21. The number of amides is 1. The zero-order valence-electron chi connectivity index (χ0n) is 13.9. The van der Waals surface area contributed by atoms with Crippen molar-refractivity contribution in [2.75, 3.05) is 13.7 Å². The molecule has 24 heavy (non-hydrogen) atoms. The van der Waals surface area contributed by atoms with Gasteiger partial charge in [0.15, 0.2) is 0 Å². The number of carbonyl (C=O) groups is 1. The molecule has 0 unspecified atom stereocenters. The van der Waals surface area contributed by atoms with E-state index in [9.17, 15) is 9.18 Å². The number of aryl methyl sites for hydroxylation is 1. The highest BCUT2D eigenvalue weighted by Gasteiger charge is 2.13. The van der Waals surface area contributed by atoms with Crippen LogP contribution >= 0.6 is 11.8 Å². The Balaban J connectivity index is 1.70. The van der Waals surface area contributed by atoms with Gasteiger partial charge in [-0.15, -0.1) is 11.8 Å². The summed E-state index contributed by atoms with van der Waals surface area (Å²) in [5, 5.41) is 2.79. The van der Waals surface area contributed by atoms with Gasteiger partial charge in [0.25, 0.3) is 0 Å². The van der Waals surface area contributed by atoms with Gasteiger partial charge in [0.05, 0.1) is 12.4 Å². The number of methoxy groups -OCH3 is 1. The molecule has 0 radical (unpaired) electrons. The van der Waals surface area contributed by atoms with E-state index in [1.807, 2.05) is 31.2 Å². The molecule has 5 heteroatoms. The van der Waals surface area contributed by atoms with Crippen molar-refractivity contribution >= 4 is 17.7 Å². The molecule has 1 amide bonds. The third-order valence-corrected chi connectivity index (χ3v) is 4.71. The van der Waals surface area contributed by atoms with E-state index < -0.39 is 0 Å². The van der Waals surface area contributed by atoms with Crippen molar-refractivity contribution in [1.29, 1.82) is 0 Å². The van der Waals surface area contributed by atoms with Crippen molar-refractivity contribution in [3.63, 3.8) is 0 Å².